The zero-order valence-corrected chi connectivity index (χ0v) is 17.4. The number of benzene rings is 2. The van der Waals surface area contributed by atoms with Gasteiger partial charge >= 0.3 is 6.03 Å². The summed E-state index contributed by atoms with van der Waals surface area (Å²) in [7, 11) is 0. The van der Waals surface area contributed by atoms with E-state index in [1.54, 1.807) is 24.5 Å². The fourth-order valence-corrected chi connectivity index (χ4v) is 3.11. The molecule has 0 aliphatic rings. The highest BCUT2D eigenvalue weighted by Gasteiger charge is 2.07. The second-order valence-electron chi connectivity index (χ2n) is 6.27. The Hall–Kier alpha value is -3.27. The summed E-state index contributed by atoms with van der Waals surface area (Å²) in [5, 5.41) is 15.1. The number of rotatable bonds is 7. The van der Waals surface area contributed by atoms with Gasteiger partial charge in [0.1, 0.15) is 11.8 Å². The van der Waals surface area contributed by atoms with Crippen molar-refractivity contribution < 1.29 is 9.53 Å². The number of hydrogen-bond donors (Lipinski definition) is 2. The van der Waals surface area contributed by atoms with Crippen LogP contribution in [0.1, 0.15) is 12.0 Å². The number of anilines is 1. The van der Waals surface area contributed by atoms with Crippen LogP contribution < -0.4 is 15.4 Å². The maximum atomic E-state index is 11.9. The molecule has 0 aliphatic heterocycles. The zero-order valence-electron chi connectivity index (χ0n) is 15.9. The topological polar surface area (TPSA) is 87.0 Å². The van der Waals surface area contributed by atoms with Gasteiger partial charge in [0, 0.05) is 24.6 Å². The quantitative estimate of drug-likeness (QED) is 0.473. The average molecular weight is 441 g/mol. The monoisotopic (exact) mass is 440 g/mol. The van der Waals surface area contributed by atoms with Gasteiger partial charge in [-0.3, -0.25) is 4.98 Å². The van der Waals surface area contributed by atoms with E-state index in [1.807, 2.05) is 36.4 Å². The number of carbonyl (C=O) groups is 1. The molecule has 0 spiro atoms. The van der Waals surface area contributed by atoms with Crippen molar-refractivity contribution in [2.75, 3.05) is 18.5 Å². The van der Waals surface area contributed by atoms with Crippen molar-refractivity contribution >= 4 is 34.9 Å². The third-order valence-electron chi connectivity index (χ3n) is 4.16. The Morgan fingerprint density at radius 3 is 2.53 bits per heavy atom. The molecule has 0 atom stereocenters. The molecule has 2 N–H and O–H groups in total. The third-order valence-corrected chi connectivity index (χ3v) is 4.77. The summed E-state index contributed by atoms with van der Waals surface area (Å²) in [4.78, 5) is 15.9. The number of carbonyl (C=O) groups excluding carboxylic acids is 1. The van der Waals surface area contributed by atoms with Crippen LogP contribution in [0.2, 0.25) is 10.0 Å². The number of halogens is 2. The Labute approximate surface area is 184 Å². The summed E-state index contributed by atoms with van der Waals surface area (Å²) in [6.07, 6.45) is 4.06. The summed E-state index contributed by atoms with van der Waals surface area (Å²) in [5.74, 6) is 0.589. The van der Waals surface area contributed by atoms with Crippen LogP contribution in [0, 0.1) is 11.3 Å². The van der Waals surface area contributed by atoms with Gasteiger partial charge in [-0.25, -0.2) is 4.79 Å². The van der Waals surface area contributed by atoms with Crippen LogP contribution in [0.25, 0.3) is 11.1 Å². The smallest absolute Gasteiger partial charge is 0.319 e. The van der Waals surface area contributed by atoms with Crippen LogP contribution in [-0.4, -0.2) is 24.2 Å². The van der Waals surface area contributed by atoms with Gasteiger partial charge in [0.05, 0.1) is 22.2 Å². The van der Waals surface area contributed by atoms with Crippen LogP contribution in [-0.2, 0) is 0 Å². The molecule has 0 bridgehead atoms. The molecule has 0 saturated heterocycles. The Morgan fingerprint density at radius 2 is 1.83 bits per heavy atom. The van der Waals surface area contributed by atoms with E-state index in [4.69, 9.17) is 33.2 Å². The van der Waals surface area contributed by atoms with Gasteiger partial charge in [-0.1, -0.05) is 29.3 Å². The number of aromatic nitrogens is 1. The number of nitriles is 1. The standard InChI is InChI=1S/C22H18Cl2N4O2/c23-19-13-18(4-2-17(19)14-25)28-22(29)27-8-1-11-30-21-5-3-16(12-20(21)24)15-6-9-26-10-7-15/h2-7,9-10,12-13H,1,8,11H2,(H2,27,28,29). The van der Waals surface area contributed by atoms with E-state index in [0.717, 1.165) is 11.1 Å². The maximum Gasteiger partial charge on any atom is 0.319 e. The molecule has 2 aromatic carbocycles. The molecular formula is C22H18Cl2N4O2. The Kier molecular flexibility index (Phi) is 7.50. The number of pyridine rings is 1. The number of hydrogen-bond acceptors (Lipinski definition) is 4. The first kappa shape index (κ1) is 21.4. The van der Waals surface area contributed by atoms with E-state index in [2.05, 4.69) is 15.6 Å². The zero-order chi connectivity index (χ0) is 21.3. The largest absolute Gasteiger partial charge is 0.492 e. The fourth-order valence-electron chi connectivity index (χ4n) is 2.66. The summed E-state index contributed by atoms with van der Waals surface area (Å²) >= 11 is 12.3. The average Bonchev–Trinajstić information content (AvgIpc) is 2.75. The van der Waals surface area contributed by atoms with E-state index in [0.29, 0.717) is 41.6 Å². The van der Waals surface area contributed by atoms with Gasteiger partial charge in [-0.2, -0.15) is 5.26 Å². The second kappa shape index (κ2) is 10.5. The lowest BCUT2D eigenvalue weighted by molar-refractivity contribution is 0.250. The second-order valence-corrected chi connectivity index (χ2v) is 7.08. The molecule has 0 aliphatic carbocycles. The van der Waals surface area contributed by atoms with Gasteiger partial charge in [-0.05, 0) is 60.0 Å². The van der Waals surface area contributed by atoms with Crippen LogP contribution >= 0.6 is 23.2 Å². The number of amides is 2. The molecule has 6 nitrogen and oxygen atoms in total. The van der Waals surface area contributed by atoms with Crippen molar-refractivity contribution in [1.82, 2.24) is 10.3 Å². The SMILES string of the molecule is N#Cc1ccc(NC(=O)NCCCOc2ccc(-c3ccncc3)cc2Cl)cc1Cl. The van der Waals surface area contributed by atoms with E-state index in [-0.39, 0.29) is 11.1 Å². The van der Waals surface area contributed by atoms with E-state index >= 15 is 0 Å². The van der Waals surface area contributed by atoms with Crippen molar-refractivity contribution in [3.63, 3.8) is 0 Å². The van der Waals surface area contributed by atoms with E-state index < -0.39 is 0 Å². The summed E-state index contributed by atoms with van der Waals surface area (Å²) in [6, 6.07) is 15.7. The molecule has 3 aromatic rings. The molecule has 0 saturated carbocycles. The lowest BCUT2D eigenvalue weighted by atomic mass is 10.1. The Balaban J connectivity index is 1.41. The third kappa shape index (κ3) is 5.86. The molecule has 3 rings (SSSR count). The molecule has 1 heterocycles. The highest BCUT2D eigenvalue weighted by Crippen LogP contribution is 2.30. The van der Waals surface area contributed by atoms with Crippen molar-refractivity contribution in [2.24, 2.45) is 0 Å². The van der Waals surface area contributed by atoms with Crippen molar-refractivity contribution in [3.8, 4) is 22.9 Å². The molecule has 30 heavy (non-hydrogen) atoms. The molecule has 0 radical (unpaired) electrons. The van der Waals surface area contributed by atoms with Gasteiger partial charge in [0.15, 0.2) is 0 Å². The molecule has 2 amide bonds. The van der Waals surface area contributed by atoms with Crippen molar-refractivity contribution in [1.29, 1.82) is 5.26 Å². The number of nitrogens with one attached hydrogen (secondary N) is 2. The minimum Gasteiger partial charge on any atom is -0.492 e. The number of ether oxygens (including phenoxy) is 1. The molecule has 152 valence electrons. The van der Waals surface area contributed by atoms with Crippen molar-refractivity contribution in [3.05, 3.63) is 76.5 Å². The molecule has 8 heteroatoms. The van der Waals surface area contributed by atoms with Crippen LogP contribution in [0.5, 0.6) is 5.75 Å². The first-order chi connectivity index (χ1) is 14.6. The summed E-state index contributed by atoms with van der Waals surface area (Å²) in [5.41, 5.74) is 2.87. The van der Waals surface area contributed by atoms with Crippen LogP contribution in [0.3, 0.4) is 0 Å². The minimum absolute atomic E-state index is 0.288. The van der Waals surface area contributed by atoms with Gasteiger partial charge < -0.3 is 15.4 Å². The molecule has 1 aromatic heterocycles. The van der Waals surface area contributed by atoms with Crippen LogP contribution in [0.15, 0.2) is 60.9 Å². The predicted octanol–water partition coefficient (Wildman–Crippen LogP) is 5.52. The lowest BCUT2D eigenvalue weighted by Gasteiger charge is -2.11. The molecular weight excluding hydrogens is 423 g/mol. The summed E-state index contributed by atoms with van der Waals surface area (Å²) in [6.45, 7) is 0.819. The molecule has 0 fully saturated rings. The summed E-state index contributed by atoms with van der Waals surface area (Å²) < 4.78 is 5.70. The minimum atomic E-state index is -0.365. The number of urea groups is 1. The first-order valence-corrected chi connectivity index (χ1v) is 9.89. The van der Waals surface area contributed by atoms with E-state index in [9.17, 15) is 4.79 Å². The highest BCUT2D eigenvalue weighted by molar-refractivity contribution is 6.32. The normalized spacial score (nSPS) is 10.2. The highest BCUT2D eigenvalue weighted by atomic mass is 35.5. The van der Waals surface area contributed by atoms with E-state index in [1.165, 1.54) is 6.07 Å². The van der Waals surface area contributed by atoms with Gasteiger partial charge in [-0.15, -0.1) is 0 Å². The maximum absolute atomic E-state index is 11.9. The lowest BCUT2D eigenvalue weighted by Crippen LogP contribution is -2.30. The van der Waals surface area contributed by atoms with Gasteiger partial charge in [0.25, 0.3) is 0 Å². The Morgan fingerprint density at radius 1 is 1.03 bits per heavy atom. The molecule has 0 unspecified atom stereocenters. The number of nitrogens with zero attached hydrogens (tertiary/aromatic N) is 2. The van der Waals surface area contributed by atoms with Gasteiger partial charge in [0.2, 0.25) is 0 Å². The fraction of sp³-hybridized carbons (Fsp3) is 0.136. The van der Waals surface area contributed by atoms with Crippen molar-refractivity contribution in [2.45, 2.75) is 6.42 Å². The predicted molar refractivity (Wildman–Crippen MR) is 118 cm³/mol. The Bertz CT molecular complexity index is 1070. The van der Waals surface area contributed by atoms with Crippen LogP contribution in [0.4, 0.5) is 10.5 Å². The first-order valence-electron chi connectivity index (χ1n) is 9.14.